The fourth-order valence-electron chi connectivity index (χ4n) is 3.44. The van der Waals surface area contributed by atoms with Crippen molar-refractivity contribution in [1.82, 2.24) is 0 Å². The van der Waals surface area contributed by atoms with Gasteiger partial charge in [-0.05, 0) is 60.9 Å². The lowest BCUT2D eigenvalue weighted by molar-refractivity contribution is -0.120. The van der Waals surface area contributed by atoms with Crippen molar-refractivity contribution in [2.45, 2.75) is 20.3 Å². The lowest BCUT2D eigenvalue weighted by Gasteiger charge is -2.14. The van der Waals surface area contributed by atoms with E-state index in [1.54, 1.807) is 36.4 Å². The first-order valence-corrected chi connectivity index (χ1v) is 10.2. The number of aromatic carboxylic acids is 1. The van der Waals surface area contributed by atoms with Crippen LogP contribution in [0.1, 0.15) is 47.8 Å². The molecule has 3 aromatic carbocycles. The van der Waals surface area contributed by atoms with Gasteiger partial charge in [-0.15, -0.1) is 0 Å². The molecule has 34 heavy (non-hydrogen) atoms. The van der Waals surface area contributed by atoms with Crippen LogP contribution in [0.5, 0.6) is 5.75 Å². The predicted octanol–water partition coefficient (Wildman–Crippen LogP) is 3.38. The molecule has 0 aliphatic heterocycles. The molecule has 0 saturated carbocycles. The van der Waals surface area contributed by atoms with Crippen LogP contribution >= 0.6 is 0 Å². The van der Waals surface area contributed by atoms with E-state index in [2.05, 4.69) is 5.32 Å². The van der Waals surface area contributed by atoms with Gasteiger partial charge in [-0.3, -0.25) is 14.4 Å². The van der Waals surface area contributed by atoms with Crippen molar-refractivity contribution in [2.24, 2.45) is 0 Å². The maximum atomic E-state index is 13.0. The number of nitrogens with two attached hydrogens (primary N) is 2. The van der Waals surface area contributed by atoms with E-state index in [1.807, 2.05) is 13.8 Å². The minimum Gasteiger partial charge on any atom is -0.478 e. The lowest BCUT2D eigenvalue weighted by Crippen LogP contribution is -2.19. The SMILES string of the molecule is Cc1ccc(CC(=O)c2cc(C(=O)O)c(C(=O)Nc3ccc(C)cc3N)cc2OC=O)c(N)c1. The standard InChI is InChI=1S/C25H23N3O6/c1-13-3-5-15(19(26)7-13)9-22(30)18-10-17(25(32)33)16(11-23(18)34-12-29)24(31)28-21-6-4-14(2)8-20(21)27/h3-8,10-12H,9,26-27H2,1-2H3,(H,28,31)(H,32,33). The van der Waals surface area contributed by atoms with Crippen LogP contribution in [-0.4, -0.2) is 29.2 Å². The number of anilines is 3. The third kappa shape index (κ3) is 5.21. The largest absolute Gasteiger partial charge is 0.478 e. The Morgan fingerprint density at radius 3 is 2.15 bits per heavy atom. The molecule has 0 unspecified atom stereocenters. The number of nitrogens with one attached hydrogen (secondary N) is 1. The Hall–Kier alpha value is -4.66. The van der Waals surface area contributed by atoms with Crippen LogP contribution in [-0.2, 0) is 11.2 Å². The smallest absolute Gasteiger partial charge is 0.336 e. The van der Waals surface area contributed by atoms with Crippen molar-refractivity contribution in [3.8, 4) is 5.75 Å². The van der Waals surface area contributed by atoms with Gasteiger partial charge in [-0.2, -0.15) is 0 Å². The molecule has 0 aliphatic carbocycles. The minimum atomic E-state index is -1.44. The van der Waals surface area contributed by atoms with Crippen LogP contribution in [0.4, 0.5) is 17.1 Å². The Morgan fingerprint density at radius 1 is 0.912 bits per heavy atom. The van der Waals surface area contributed by atoms with E-state index >= 15 is 0 Å². The molecule has 1 amide bonds. The van der Waals surface area contributed by atoms with Crippen molar-refractivity contribution >= 4 is 41.2 Å². The zero-order valence-corrected chi connectivity index (χ0v) is 18.5. The van der Waals surface area contributed by atoms with Gasteiger partial charge in [0.05, 0.1) is 28.1 Å². The number of carbonyl (C=O) groups is 4. The summed E-state index contributed by atoms with van der Waals surface area (Å²) in [6.07, 6.45) is -0.161. The number of ether oxygens (including phenoxy) is 1. The topological polar surface area (TPSA) is 162 Å². The van der Waals surface area contributed by atoms with Gasteiger partial charge < -0.3 is 26.6 Å². The first-order chi connectivity index (χ1) is 16.1. The van der Waals surface area contributed by atoms with Crippen molar-refractivity contribution in [1.29, 1.82) is 0 Å². The number of Topliss-reactive ketones (excluding diaryl/α,β-unsaturated/α-hetero) is 1. The summed E-state index contributed by atoms with van der Waals surface area (Å²) in [5, 5.41) is 12.3. The molecular weight excluding hydrogens is 438 g/mol. The molecule has 0 atom stereocenters. The van der Waals surface area contributed by atoms with E-state index in [-0.39, 0.29) is 41.1 Å². The number of amides is 1. The van der Waals surface area contributed by atoms with Gasteiger partial charge in [0.2, 0.25) is 0 Å². The summed E-state index contributed by atoms with van der Waals surface area (Å²) in [5.74, 6) is -3.03. The van der Waals surface area contributed by atoms with Gasteiger partial charge in [0, 0.05) is 12.1 Å². The molecule has 0 aromatic heterocycles. The Balaban J connectivity index is 2.02. The van der Waals surface area contributed by atoms with Gasteiger partial charge in [0.15, 0.2) is 5.78 Å². The molecule has 3 rings (SSSR count). The molecule has 6 N–H and O–H groups in total. The van der Waals surface area contributed by atoms with Gasteiger partial charge in [0.1, 0.15) is 5.75 Å². The van der Waals surface area contributed by atoms with Crippen molar-refractivity contribution in [2.75, 3.05) is 16.8 Å². The first-order valence-electron chi connectivity index (χ1n) is 10.2. The van der Waals surface area contributed by atoms with E-state index in [9.17, 15) is 24.3 Å². The molecule has 9 nitrogen and oxygen atoms in total. The number of carboxylic acid groups (broad SMARTS) is 1. The maximum absolute atomic E-state index is 13.0. The second-order valence-corrected chi connectivity index (χ2v) is 7.76. The highest BCUT2D eigenvalue weighted by molar-refractivity contribution is 6.13. The highest BCUT2D eigenvalue weighted by Crippen LogP contribution is 2.28. The molecule has 3 aromatic rings. The third-order valence-corrected chi connectivity index (χ3v) is 5.18. The van der Waals surface area contributed by atoms with Crippen LogP contribution in [0, 0.1) is 13.8 Å². The number of nitrogen functional groups attached to an aromatic ring is 2. The summed E-state index contributed by atoms with van der Waals surface area (Å²) in [6.45, 7) is 3.77. The normalized spacial score (nSPS) is 10.4. The summed E-state index contributed by atoms with van der Waals surface area (Å²) in [4.78, 5) is 48.9. The summed E-state index contributed by atoms with van der Waals surface area (Å²) >= 11 is 0. The number of rotatable bonds is 8. The highest BCUT2D eigenvalue weighted by Gasteiger charge is 2.25. The molecule has 0 saturated heterocycles. The Labute approximate surface area is 195 Å². The van der Waals surface area contributed by atoms with Crippen LogP contribution < -0.4 is 21.5 Å². The number of aryl methyl sites for hydroxylation is 2. The molecule has 0 spiro atoms. The summed E-state index contributed by atoms with van der Waals surface area (Å²) in [7, 11) is 0. The van der Waals surface area contributed by atoms with Gasteiger partial charge in [0.25, 0.3) is 12.4 Å². The molecule has 0 aliphatic rings. The number of benzene rings is 3. The predicted molar refractivity (Wildman–Crippen MR) is 127 cm³/mol. The zero-order valence-electron chi connectivity index (χ0n) is 18.5. The molecule has 0 bridgehead atoms. The van der Waals surface area contributed by atoms with E-state index < -0.39 is 23.2 Å². The summed E-state index contributed by atoms with van der Waals surface area (Å²) < 4.78 is 4.93. The van der Waals surface area contributed by atoms with Crippen molar-refractivity contribution < 1.29 is 29.0 Å². The highest BCUT2D eigenvalue weighted by atomic mass is 16.5. The monoisotopic (exact) mass is 461 g/mol. The number of carboxylic acids is 1. The maximum Gasteiger partial charge on any atom is 0.336 e. The average molecular weight is 461 g/mol. The first kappa shape index (κ1) is 24.0. The Morgan fingerprint density at radius 2 is 1.56 bits per heavy atom. The van der Waals surface area contributed by atoms with Crippen molar-refractivity contribution in [3.05, 3.63) is 81.9 Å². The number of carbonyl (C=O) groups excluding carboxylic acids is 3. The third-order valence-electron chi connectivity index (χ3n) is 5.18. The second kappa shape index (κ2) is 9.86. The number of hydrogen-bond acceptors (Lipinski definition) is 7. The quantitative estimate of drug-likeness (QED) is 0.225. The second-order valence-electron chi connectivity index (χ2n) is 7.76. The molecule has 0 fully saturated rings. The van der Waals surface area contributed by atoms with Gasteiger partial charge in [-0.1, -0.05) is 18.2 Å². The fraction of sp³-hybridized carbons (Fsp3) is 0.120. The van der Waals surface area contributed by atoms with Crippen LogP contribution in [0.3, 0.4) is 0 Å². The van der Waals surface area contributed by atoms with E-state index in [4.69, 9.17) is 16.2 Å². The molecule has 174 valence electrons. The van der Waals surface area contributed by atoms with Gasteiger partial charge >= 0.3 is 5.97 Å². The zero-order chi connectivity index (χ0) is 25.0. The number of ketones is 1. The lowest BCUT2D eigenvalue weighted by atomic mass is 9.95. The molecular formula is C25H23N3O6. The van der Waals surface area contributed by atoms with E-state index in [0.29, 0.717) is 11.3 Å². The molecule has 0 radical (unpaired) electrons. The van der Waals surface area contributed by atoms with Crippen LogP contribution in [0.2, 0.25) is 0 Å². The van der Waals surface area contributed by atoms with Gasteiger partial charge in [-0.25, -0.2) is 4.79 Å². The van der Waals surface area contributed by atoms with E-state index in [0.717, 1.165) is 23.3 Å². The average Bonchev–Trinajstić information content (AvgIpc) is 2.77. The Bertz CT molecular complexity index is 1320. The minimum absolute atomic E-state index is 0.0897. The molecule has 0 heterocycles. The van der Waals surface area contributed by atoms with E-state index in [1.165, 1.54) is 0 Å². The number of hydrogen-bond donors (Lipinski definition) is 4. The van der Waals surface area contributed by atoms with Crippen LogP contribution in [0.25, 0.3) is 0 Å². The van der Waals surface area contributed by atoms with Crippen molar-refractivity contribution in [3.63, 3.8) is 0 Å². The summed E-state index contributed by atoms with van der Waals surface area (Å²) in [6, 6.07) is 12.2. The fourth-order valence-corrected chi connectivity index (χ4v) is 3.44. The molecule has 9 heteroatoms. The Kier molecular flexibility index (Phi) is 6.96. The van der Waals surface area contributed by atoms with Crippen LogP contribution in [0.15, 0.2) is 48.5 Å². The summed E-state index contributed by atoms with van der Waals surface area (Å²) in [5.41, 5.74) is 14.3.